The molecule has 0 fully saturated rings. The van der Waals surface area contributed by atoms with Crippen LogP contribution < -0.4 is 11.1 Å². The molecule has 0 bridgehead atoms. The molecule has 1 aliphatic rings. The third kappa shape index (κ3) is 7.86. The van der Waals surface area contributed by atoms with Gasteiger partial charge in [-0.15, -0.1) is 0 Å². The van der Waals surface area contributed by atoms with E-state index in [9.17, 15) is 22.8 Å². The van der Waals surface area contributed by atoms with Gasteiger partial charge >= 0.3 is 12.1 Å². The van der Waals surface area contributed by atoms with Crippen LogP contribution in [0.4, 0.5) is 13.2 Å². The number of fused-ring (bicyclic) bond motifs is 1. The minimum absolute atomic E-state index is 0.0336. The maximum absolute atomic E-state index is 12.3. The molecule has 0 aliphatic carbocycles. The van der Waals surface area contributed by atoms with Gasteiger partial charge in [0.05, 0.1) is 6.04 Å². The van der Waals surface area contributed by atoms with Crippen molar-refractivity contribution in [3.8, 4) is 0 Å². The highest BCUT2D eigenvalue weighted by Gasteiger charge is 2.38. The van der Waals surface area contributed by atoms with Crippen molar-refractivity contribution >= 4 is 17.8 Å². The van der Waals surface area contributed by atoms with Gasteiger partial charge in [0.15, 0.2) is 0 Å². The fourth-order valence-corrected chi connectivity index (χ4v) is 2.55. The van der Waals surface area contributed by atoms with E-state index in [2.05, 4.69) is 5.32 Å². The van der Waals surface area contributed by atoms with Gasteiger partial charge in [-0.3, -0.25) is 9.59 Å². The molecule has 1 heterocycles. The number of nitrogens with one attached hydrogen (secondary N) is 1. The molecular formula is C20H26F3N3O4. The molecular weight excluding hydrogens is 403 g/mol. The summed E-state index contributed by atoms with van der Waals surface area (Å²) in [4.78, 5) is 34.8. The second kappa shape index (κ2) is 11.3. The summed E-state index contributed by atoms with van der Waals surface area (Å²) in [6, 6.07) is 7.40. The van der Waals surface area contributed by atoms with Crippen molar-refractivity contribution in [3.05, 3.63) is 47.5 Å². The molecule has 2 atom stereocenters. The van der Waals surface area contributed by atoms with Crippen LogP contribution >= 0.6 is 0 Å². The minimum atomic E-state index is -5.08. The van der Waals surface area contributed by atoms with E-state index >= 15 is 0 Å². The quantitative estimate of drug-likeness (QED) is 0.601. The first-order chi connectivity index (χ1) is 14.0. The van der Waals surface area contributed by atoms with Crippen molar-refractivity contribution in [2.75, 3.05) is 0 Å². The smallest absolute Gasteiger partial charge is 0.475 e. The summed E-state index contributed by atoms with van der Waals surface area (Å²) >= 11 is 0. The number of nitrogens with zero attached hydrogens (tertiary/aromatic N) is 1. The van der Waals surface area contributed by atoms with Gasteiger partial charge in [0, 0.05) is 25.2 Å². The van der Waals surface area contributed by atoms with Crippen LogP contribution in [0, 0.1) is 0 Å². The standard InChI is InChI=1S/C18H25N3O2.C2HF3O2/c1-3-15(20-18(23)16(19)4-2)9-10-17(22)21-11-13-7-5-6-8-14(13)12-21;3-2(4,5)1(6)7/h5-10,15-16H,3-4,11-12,19H2,1-2H3,(H,20,23);(H,6,7)/b10-9+;/t15-,16-;/m0./s1. The number of nitrogens with two attached hydrogens (primary N) is 1. The van der Waals surface area contributed by atoms with Gasteiger partial charge in [-0.05, 0) is 24.0 Å². The van der Waals surface area contributed by atoms with Gasteiger partial charge in [0.1, 0.15) is 0 Å². The van der Waals surface area contributed by atoms with Crippen molar-refractivity contribution in [2.45, 2.75) is 58.0 Å². The number of hydrogen-bond donors (Lipinski definition) is 3. The number of rotatable bonds is 6. The molecule has 0 aromatic heterocycles. The Hall–Kier alpha value is -2.88. The Bertz CT molecular complexity index is 756. The first-order valence-corrected chi connectivity index (χ1v) is 9.39. The van der Waals surface area contributed by atoms with Gasteiger partial charge in [-0.25, -0.2) is 4.79 Å². The van der Waals surface area contributed by atoms with Crippen LogP contribution in [0.1, 0.15) is 37.8 Å². The van der Waals surface area contributed by atoms with Crippen LogP contribution in [0.5, 0.6) is 0 Å². The highest BCUT2D eigenvalue weighted by Crippen LogP contribution is 2.22. The van der Waals surface area contributed by atoms with Crippen molar-refractivity contribution < 1.29 is 32.7 Å². The summed E-state index contributed by atoms with van der Waals surface area (Å²) in [5.74, 6) is -2.97. The molecule has 4 N–H and O–H groups in total. The van der Waals surface area contributed by atoms with Crippen LogP contribution in [0.2, 0.25) is 0 Å². The molecule has 0 saturated heterocycles. The Balaban J connectivity index is 0.000000553. The maximum atomic E-state index is 12.3. The summed E-state index contributed by atoms with van der Waals surface area (Å²) in [6.07, 6.45) is -0.466. The Labute approximate surface area is 172 Å². The van der Waals surface area contributed by atoms with Gasteiger partial charge in [0.25, 0.3) is 0 Å². The molecule has 2 rings (SSSR count). The zero-order valence-electron chi connectivity index (χ0n) is 16.8. The highest BCUT2D eigenvalue weighted by atomic mass is 19.4. The molecule has 0 spiro atoms. The molecule has 30 heavy (non-hydrogen) atoms. The van der Waals surface area contributed by atoms with Crippen LogP contribution in [-0.4, -0.2) is 46.1 Å². The summed E-state index contributed by atoms with van der Waals surface area (Å²) in [5, 5.41) is 9.98. The van der Waals surface area contributed by atoms with Crippen LogP contribution in [-0.2, 0) is 27.5 Å². The average Bonchev–Trinajstić information content (AvgIpc) is 3.14. The summed E-state index contributed by atoms with van der Waals surface area (Å²) in [6.45, 7) is 5.12. The van der Waals surface area contributed by atoms with Crippen molar-refractivity contribution in [1.29, 1.82) is 0 Å². The number of benzene rings is 1. The molecule has 2 amide bonds. The number of carboxylic acids is 1. The molecule has 166 valence electrons. The lowest BCUT2D eigenvalue weighted by molar-refractivity contribution is -0.192. The molecule has 7 nitrogen and oxygen atoms in total. The third-order valence-corrected chi connectivity index (χ3v) is 4.41. The van der Waals surface area contributed by atoms with Gasteiger partial charge < -0.3 is 21.1 Å². The number of halogens is 3. The second-order valence-corrected chi connectivity index (χ2v) is 6.66. The van der Waals surface area contributed by atoms with E-state index in [1.165, 1.54) is 11.1 Å². The van der Waals surface area contributed by atoms with Gasteiger partial charge in [0.2, 0.25) is 11.8 Å². The largest absolute Gasteiger partial charge is 0.490 e. The highest BCUT2D eigenvalue weighted by molar-refractivity contribution is 5.88. The average molecular weight is 429 g/mol. The van der Waals surface area contributed by atoms with E-state index in [0.29, 0.717) is 25.9 Å². The van der Waals surface area contributed by atoms with Crippen LogP contribution in [0.25, 0.3) is 0 Å². The van der Waals surface area contributed by atoms with E-state index in [4.69, 9.17) is 15.6 Å². The van der Waals surface area contributed by atoms with E-state index in [1.807, 2.05) is 38.1 Å². The zero-order chi connectivity index (χ0) is 22.9. The third-order valence-electron chi connectivity index (χ3n) is 4.41. The van der Waals surface area contributed by atoms with Crippen molar-refractivity contribution in [3.63, 3.8) is 0 Å². The number of hydrogen-bond acceptors (Lipinski definition) is 4. The normalized spacial score (nSPS) is 15.1. The fraction of sp³-hybridized carbons (Fsp3) is 0.450. The Kier molecular flexibility index (Phi) is 9.51. The van der Waals surface area contributed by atoms with Gasteiger partial charge in [-0.2, -0.15) is 13.2 Å². The Morgan fingerprint density at radius 3 is 2.07 bits per heavy atom. The zero-order valence-corrected chi connectivity index (χ0v) is 16.8. The first-order valence-electron chi connectivity index (χ1n) is 9.39. The predicted molar refractivity (Wildman–Crippen MR) is 104 cm³/mol. The van der Waals surface area contributed by atoms with E-state index < -0.39 is 18.2 Å². The second-order valence-electron chi connectivity index (χ2n) is 6.66. The fourth-order valence-electron chi connectivity index (χ4n) is 2.55. The Morgan fingerprint density at radius 2 is 1.67 bits per heavy atom. The molecule has 0 radical (unpaired) electrons. The topological polar surface area (TPSA) is 113 Å². The molecule has 0 unspecified atom stereocenters. The minimum Gasteiger partial charge on any atom is -0.475 e. The van der Waals surface area contributed by atoms with E-state index in [1.54, 1.807) is 17.1 Å². The lowest BCUT2D eigenvalue weighted by Crippen LogP contribution is -2.44. The predicted octanol–water partition coefficient (Wildman–Crippen LogP) is 2.35. The number of carbonyl (C=O) groups is 3. The molecule has 0 saturated carbocycles. The number of carboxylic acid groups (broad SMARTS) is 1. The molecule has 10 heteroatoms. The van der Waals surface area contributed by atoms with E-state index in [0.717, 1.165) is 0 Å². The summed E-state index contributed by atoms with van der Waals surface area (Å²) in [5.41, 5.74) is 8.11. The van der Waals surface area contributed by atoms with Crippen molar-refractivity contribution in [1.82, 2.24) is 10.2 Å². The number of alkyl halides is 3. The molecule has 1 aromatic rings. The Morgan fingerprint density at radius 1 is 1.17 bits per heavy atom. The number of aliphatic carboxylic acids is 1. The number of carbonyl (C=O) groups excluding carboxylic acids is 2. The number of amides is 2. The SMILES string of the molecule is CC[C@@H](/C=C/C(=O)N1Cc2ccccc2C1)NC(=O)[C@@H](N)CC.O=C(O)C(F)(F)F. The van der Waals surface area contributed by atoms with Crippen LogP contribution in [0.15, 0.2) is 36.4 Å². The summed E-state index contributed by atoms with van der Waals surface area (Å²) < 4.78 is 31.7. The monoisotopic (exact) mass is 429 g/mol. The lowest BCUT2D eigenvalue weighted by atomic mass is 10.1. The molecule has 1 aliphatic heterocycles. The first kappa shape index (κ1) is 25.2. The summed E-state index contributed by atoms with van der Waals surface area (Å²) in [7, 11) is 0. The maximum Gasteiger partial charge on any atom is 0.490 e. The van der Waals surface area contributed by atoms with Crippen LogP contribution in [0.3, 0.4) is 0 Å². The lowest BCUT2D eigenvalue weighted by Gasteiger charge is -2.17. The van der Waals surface area contributed by atoms with E-state index in [-0.39, 0.29) is 17.9 Å². The molecule has 1 aromatic carbocycles. The van der Waals surface area contributed by atoms with Crippen molar-refractivity contribution in [2.24, 2.45) is 5.73 Å². The van der Waals surface area contributed by atoms with Gasteiger partial charge in [-0.1, -0.05) is 44.2 Å².